The molecule has 7 heteroatoms. The molecule has 2 aromatic rings. The molecule has 0 spiro atoms. The van der Waals surface area contributed by atoms with Crippen LogP contribution in [0, 0.1) is 5.82 Å². The van der Waals surface area contributed by atoms with E-state index in [1.54, 1.807) is 0 Å². The predicted octanol–water partition coefficient (Wildman–Crippen LogP) is 1.63. The molecule has 1 aromatic carbocycles. The Hall–Kier alpha value is -2.57. The zero-order valence-electron chi connectivity index (χ0n) is 9.27. The number of aromatic hydroxyl groups is 1. The Bertz CT molecular complexity index is 609. The summed E-state index contributed by atoms with van der Waals surface area (Å²) >= 11 is 0. The molecule has 0 amide bonds. The molecule has 0 aliphatic rings. The number of halogens is 1. The summed E-state index contributed by atoms with van der Waals surface area (Å²) in [6, 6.07) is 3.25. The molecule has 0 saturated carbocycles. The second-order valence-corrected chi connectivity index (χ2v) is 3.48. The third-order valence-corrected chi connectivity index (χ3v) is 2.34. The Morgan fingerprint density at radius 2 is 2.17 bits per heavy atom. The van der Waals surface area contributed by atoms with Crippen molar-refractivity contribution in [2.45, 2.75) is 0 Å². The number of carbonyl (C=O) groups is 1. The van der Waals surface area contributed by atoms with Gasteiger partial charge in [-0.25, -0.2) is 9.18 Å². The highest BCUT2D eigenvalue weighted by atomic mass is 19.1. The van der Waals surface area contributed by atoms with Gasteiger partial charge in [0.15, 0.2) is 11.5 Å². The number of hydrogen-bond acceptors (Lipinski definition) is 4. The summed E-state index contributed by atoms with van der Waals surface area (Å²) in [6.07, 6.45) is 0. The summed E-state index contributed by atoms with van der Waals surface area (Å²) in [6.45, 7) is 0. The largest absolute Gasteiger partial charge is 0.504 e. The first-order chi connectivity index (χ1) is 8.52. The monoisotopic (exact) mass is 252 g/mol. The molecule has 6 nitrogen and oxygen atoms in total. The topological polar surface area (TPSA) is 95.4 Å². The van der Waals surface area contributed by atoms with E-state index in [2.05, 4.69) is 10.2 Å². The number of nitrogens with one attached hydrogen (secondary N) is 1. The number of aromatic amines is 1. The number of carboxylic acid groups (broad SMARTS) is 1. The zero-order valence-corrected chi connectivity index (χ0v) is 9.27. The molecular formula is C11H9FN2O4. The molecule has 0 bridgehead atoms. The van der Waals surface area contributed by atoms with E-state index in [9.17, 15) is 14.3 Å². The van der Waals surface area contributed by atoms with Crippen molar-refractivity contribution in [1.82, 2.24) is 10.2 Å². The number of aromatic nitrogens is 2. The van der Waals surface area contributed by atoms with Gasteiger partial charge in [-0.3, -0.25) is 5.10 Å². The fourth-order valence-corrected chi connectivity index (χ4v) is 1.49. The van der Waals surface area contributed by atoms with Crippen molar-refractivity contribution in [3.63, 3.8) is 0 Å². The predicted molar refractivity (Wildman–Crippen MR) is 59.2 cm³/mol. The molecule has 0 fully saturated rings. The Labute approximate surface area is 101 Å². The summed E-state index contributed by atoms with van der Waals surface area (Å²) in [7, 11) is 1.28. The first kappa shape index (κ1) is 11.9. The minimum Gasteiger partial charge on any atom is -0.504 e. The number of ether oxygens (including phenoxy) is 1. The maximum absolute atomic E-state index is 13.3. The lowest BCUT2D eigenvalue weighted by Gasteiger charge is -2.07. The SMILES string of the molecule is COc1cc(F)cc(-c2cc(C(=O)O)[nH]n2)c1O. The lowest BCUT2D eigenvalue weighted by Crippen LogP contribution is -1.95. The van der Waals surface area contributed by atoms with Crippen LogP contribution in [-0.4, -0.2) is 33.5 Å². The van der Waals surface area contributed by atoms with Crippen LogP contribution in [0.3, 0.4) is 0 Å². The van der Waals surface area contributed by atoms with Crippen LogP contribution in [-0.2, 0) is 0 Å². The van der Waals surface area contributed by atoms with E-state index in [1.165, 1.54) is 13.2 Å². The second-order valence-electron chi connectivity index (χ2n) is 3.48. The normalized spacial score (nSPS) is 10.3. The van der Waals surface area contributed by atoms with Gasteiger partial charge in [-0.2, -0.15) is 5.10 Å². The van der Waals surface area contributed by atoms with Gasteiger partial charge >= 0.3 is 5.97 Å². The number of phenolic OH excluding ortho intramolecular Hbond substituents is 1. The maximum atomic E-state index is 13.3. The maximum Gasteiger partial charge on any atom is 0.353 e. The number of rotatable bonds is 3. The minimum atomic E-state index is -1.20. The van der Waals surface area contributed by atoms with Gasteiger partial charge in [0, 0.05) is 6.07 Å². The standard InChI is InChI=1S/C11H9FN2O4/c1-18-9-3-5(12)2-6(10(9)15)7-4-8(11(16)17)14-13-7/h2-4,15H,1H3,(H,13,14)(H,16,17). The van der Waals surface area contributed by atoms with Gasteiger partial charge in [0.2, 0.25) is 0 Å². The van der Waals surface area contributed by atoms with Crippen LogP contribution >= 0.6 is 0 Å². The van der Waals surface area contributed by atoms with Crippen molar-refractivity contribution in [1.29, 1.82) is 0 Å². The summed E-state index contributed by atoms with van der Waals surface area (Å²) in [5.74, 6) is -2.18. The summed E-state index contributed by atoms with van der Waals surface area (Å²) in [5.41, 5.74) is 0.00549. The van der Waals surface area contributed by atoms with Crippen LogP contribution in [0.5, 0.6) is 11.5 Å². The van der Waals surface area contributed by atoms with Crippen molar-refractivity contribution >= 4 is 5.97 Å². The number of hydrogen-bond donors (Lipinski definition) is 3. The van der Waals surface area contributed by atoms with Gasteiger partial charge in [0.25, 0.3) is 0 Å². The van der Waals surface area contributed by atoms with Gasteiger partial charge in [-0.1, -0.05) is 0 Å². The third-order valence-electron chi connectivity index (χ3n) is 2.34. The first-order valence-corrected chi connectivity index (χ1v) is 4.88. The van der Waals surface area contributed by atoms with Crippen LogP contribution in [0.2, 0.25) is 0 Å². The quantitative estimate of drug-likeness (QED) is 0.771. The molecular weight excluding hydrogens is 243 g/mol. The van der Waals surface area contributed by atoms with E-state index in [-0.39, 0.29) is 28.5 Å². The van der Waals surface area contributed by atoms with E-state index in [4.69, 9.17) is 9.84 Å². The summed E-state index contributed by atoms with van der Waals surface area (Å²) in [5, 5.41) is 24.5. The van der Waals surface area contributed by atoms with E-state index >= 15 is 0 Å². The number of H-pyrrole nitrogens is 1. The van der Waals surface area contributed by atoms with Crippen LogP contribution in [0.25, 0.3) is 11.3 Å². The number of methoxy groups -OCH3 is 1. The molecule has 0 radical (unpaired) electrons. The van der Waals surface area contributed by atoms with Crippen molar-refractivity contribution in [3.05, 3.63) is 29.7 Å². The van der Waals surface area contributed by atoms with Gasteiger partial charge < -0.3 is 14.9 Å². The van der Waals surface area contributed by atoms with Gasteiger partial charge in [0.05, 0.1) is 18.4 Å². The molecule has 18 heavy (non-hydrogen) atoms. The molecule has 1 heterocycles. The number of phenols is 1. The highest BCUT2D eigenvalue weighted by molar-refractivity contribution is 5.87. The molecule has 0 aliphatic carbocycles. The third kappa shape index (κ3) is 1.97. The molecule has 3 N–H and O–H groups in total. The average molecular weight is 252 g/mol. The lowest BCUT2D eigenvalue weighted by molar-refractivity contribution is 0.0690. The van der Waals surface area contributed by atoms with Gasteiger partial charge in [0.1, 0.15) is 11.5 Å². The summed E-state index contributed by atoms with van der Waals surface area (Å²) < 4.78 is 18.1. The highest BCUT2D eigenvalue weighted by Gasteiger charge is 2.16. The smallest absolute Gasteiger partial charge is 0.353 e. The fraction of sp³-hybridized carbons (Fsp3) is 0.0909. The van der Waals surface area contributed by atoms with Crippen LogP contribution in [0.15, 0.2) is 18.2 Å². The number of aromatic carboxylic acids is 1. The van der Waals surface area contributed by atoms with Crippen molar-refractivity contribution in [2.24, 2.45) is 0 Å². The average Bonchev–Trinajstić information content (AvgIpc) is 2.81. The second kappa shape index (κ2) is 4.36. The number of carboxylic acids is 1. The fourth-order valence-electron chi connectivity index (χ4n) is 1.49. The molecule has 0 atom stereocenters. The van der Waals surface area contributed by atoms with E-state index in [1.807, 2.05) is 0 Å². The zero-order chi connectivity index (χ0) is 13.3. The van der Waals surface area contributed by atoms with Crippen LogP contribution in [0.4, 0.5) is 4.39 Å². The van der Waals surface area contributed by atoms with Gasteiger partial charge in [-0.05, 0) is 12.1 Å². The van der Waals surface area contributed by atoms with E-state index < -0.39 is 11.8 Å². The van der Waals surface area contributed by atoms with Gasteiger partial charge in [-0.15, -0.1) is 0 Å². The van der Waals surface area contributed by atoms with E-state index in [0.717, 1.165) is 12.1 Å². The Morgan fingerprint density at radius 3 is 2.72 bits per heavy atom. The highest BCUT2D eigenvalue weighted by Crippen LogP contribution is 2.37. The Morgan fingerprint density at radius 1 is 1.44 bits per heavy atom. The lowest BCUT2D eigenvalue weighted by atomic mass is 10.1. The summed E-state index contributed by atoms with van der Waals surface area (Å²) in [4.78, 5) is 10.7. The number of nitrogens with zero attached hydrogens (tertiary/aromatic N) is 1. The van der Waals surface area contributed by atoms with Crippen LogP contribution < -0.4 is 4.74 Å². The Balaban J connectivity index is 2.55. The molecule has 0 saturated heterocycles. The first-order valence-electron chi connectivity index (χ1n) is 4.88. The van der Waals surface area contributed by atoms with Crippen LogP contribution in [0.1, 0.15) is 10.5 Å². The van der Waals surface area contributed by atoms with Crippen molar-refractivity contribution < 1.29 is 24.1 Å². The molecule has 0 unspecified atom stereocenters. The number of benzene rings is 1. The van der Waals surface area contributed by atoms with Crippen molar-refractivity contribution in [2.75, 3.05) is 7.11 Å². The Kier molecular flexibility index (Phi) is 2.88. The van der Waals surface area contributed by atoms with Crippen molar-refractivity contribution in [3.8, 4) is 22.8 Å². The minimum absolute atomic E-state index is 0.0510. The molecule has 2 rings (SSSR count). The molecule has 0 aliphatic heterocycles. The van der Waals surface area contributed by atoms with E-state index in [0.29, 0.717) is 0 Å². The molecule has 94 valence electrons. The molecule has 1 aromatic heterocycles.